The van der Waals surface area contributed by atoms with Crippen LogP contribution in [0, 0.1) is 6.92 Å². The molecule has 1 amide bonds. The molecule has 0 unspecified atom stereocenters. The molecule has 2 rings (SSSR count). The minimum Gasteiger partial charge on any atom is -0.348 e. The van der Waals surface area contributed by atoms with Crippen molar-refractivity contribution >= 4 is 15.9 Å². The van der Waals surface area contributed by atoms with Crippen molar-refractivity contribution in [2.45, 2.75) is 39.1 Å². The molecule has 6 heteroatoms. The van der Waals surface area contributed by atoms with E-state index in [-0.39, 0.29) is 17.7 Å². The number of rotatable bonds is 7. The first-order valence-electron chi connectivity index (χ1n) is 8.18. The maximum atomic E-state index is 12.1. The van der Waals surface area contributed by atoms with Gasteiger partial charge in [0.25, 0.3) is 5.91 Å². The molecule has 5 nitrogen and oxygen atoms in total. The Bertz CT molecular complexity index is 828. The Morgan fingerprint density at radius 1 is 1.04 bits per heavy atom. The van der Waals surface area contributed by atoms with Crippen LogP contribution in [0.5, 0.6) is 0 Å². The van der Waals surface area contributed by atoms with E-state index in [1.807, 2.05) is 37.3 Å². The summed E-state index contributed by atoms with van der Waals surface area (Å²) in [5.74, 6) is -0.183. The highest BCUT2D eigenvalue weighted by molar-refractivity contribution is 7.88. The topological polar surface area (TPSA) is 75.3 Å². The number of nitrogens with one attached hydrogen (secondary N) is 2. The zero-order chi connectivity index (χ0) is 18.4. The van der Waals surface area contributed by atoms with Crippen LogP contribution in [0.15, 0.2) is 48.5 Å². The normalized spacial score (nSPS) is 11.5. The number of benzene rings is 2. The van der Waals surface area contributed by atoms with Crippen molar-refractivity contribution in [3.05, 3.63) is 70.8 Å². The molecule has 134 valence electrons. The Labute approximate surface area is 149 Å². The van der Waals surface area contributed by atoms with E-state index in [1.165, 1.54) is 0 Å². The van der Waals surface area contributed by atoms with Crippen LogP contribution in [0.25, 0.3) is 0 Å². The van der Waals surface area contributed by atoms with Crippen LogP contribution in [0.4, 0.5) is 0 Å². The maximum Gasteiger partial charge on any atom is 0.251 e. The van der Waals surface area contributed by atoms with E-state index in [9.17, 15) is 13.2 Å². The third-order valence-electron chi connectivity index (χ3n) is 3.53. The second-order valence-electron chi connectivity index (χ2n) is 6.40. The highest BCUT2D eigenvalue weighted by Crippen LogP contribution is 2.09. The molecule has 0 spiro atoms. The van der Waals surface area contributed by atoms with E-state index in [0.29, 0.717) is 17.7 Å². The van der Waals surface area contributed by atoms with Crippen LogP contribution in [-0.4, -0.2) is 20.4 Å². The summed E-state index contributed by atoms with van der Waals surface area (Å²) in [6.07, 6.45) is 0. The van der Waals surface area contributed by atoms with Gasteiger partial charge in [-0.25, -0.2) is 13.1 Å². The summed E-state index contributed by atoms with van der Waals surface area (Å²) in [6.45, 7) is 5.91. The molecular weight excluding hydrogens is 336 g/mol. The highest BCUT2D eigenvalue weighted by atomic mass is 32.2. The lowest BCUT2D eigenvalue weighted by atomic mass is 10.1. The fraction of sp³-hybridized carbons (Fsp3) is 0.316. The lowest BCUT2D eigenvalue weighted by molar-refractivity contribution is 0.0951. The molecule has 2 aromatic carbocycles. The van der Waals surface area contributed by atoms with Crippen LogP contribution < -0.4 is 10.0 Å². The molecule has 25 heavy (non-hydrogen) atoms. The van der Waals surface area contributed by atoms with Gasteiger partial charge in [-0.3, -0.25) is 4.79 Å². The van der Waals surface area contributed by atoms with E-state index in [4.69, 9.17) is 0 Å². The minimum atomic E-state index is -3.33. The van der Waals surface area contributed by atoms with E-state index in [0.717, 1.165) is 11.1 Å². The van der Waals surface area contributed by atoms with Crippen molar-refractivity contribution in [1.82, 2.24) is 10.0 Å². The van der Waals surface area contributed by atoms with Gasteiger partial charge in [0.1, 0.15) is 0 Å². The number of hydrogen-bond acceptors (Lipinski definition) is 3. The van der Waals surface area contributed by atoms with Crippen molar-refractivity contribution in [2.24, 2.45) is 0 Å². The van der Waals surface area contributed by atoms with Gasteiger partial charge in [-0.1, -0.05) is 42.0 Å². The summed E-state index contributed by atoms with van der Waals surface area (Å²) in [6, 6.07) is 14.5. The van der Waals surface area contributed by atoms with Crippen molar-refractivity contribution < 1.29 is 13.2 Å². The molecule has 2 aromatic rings. The smallest absolute Gasteiger partial charge is 0.251 e. The van der Waals surface area contributed by atoms with Gasteiger partial charge in [-0.15, -0.1) is 0 Å². The number of carbonyl (C=O) groups is 1. The van der Waals surface area contributed by atoms with Gasteiger partial charge in [0, 0.05) is 18.2 Å². The Hall–Kier alpha value is -2.18. The summed E-state index contributed by atoms with van der Waals surface area (Å²) in [4.78, 5) is 12.1. The summed E-state index contributed by atoms with van der Waals surface area (Å²) < 4.78 is 26.4. The third-order valence-corrected chi connectivity index (χ3v) is 5.07. The zero-order valence-electron chi connectivity index (χ0n) is 14.7. The first-order chi connectivity index (χ1) is 11.7. The summed E-state index contributed by atoms with van der Waals surface area (Å²) in [7, 11) is -3.33. The number of aryl methyl sites for hydroxylation is 1. The zero-order valence-corrected chi connectivity index (χ0v) is 15.6. The predicted octanol–water partition coefficient (Wildman–Crippen LogP) is 2.75. The lowest BCUT2D eigenvalue weighted by Crippen LogP contribution is -2.31. The second-order valence-corrected chi connectivity index (χ2v) is 8.15. The average molecular weight is 360 g/mol. The van der Waals surface area contributed by atoms with Crippen LogP contribution in [0.1, 0.15) is 40.9 Å². The van der Waals surface area contributed by atoms with E-state index >= 15 is 0 Å². The maximum absolute atomic E-state index is 12.1. The van der Waals surface area contributed by atoms with Crippen LogP contribution in [0.3, 0.4) is 0 Å². The quantitative estimate of drug-likeness (QED) is 0.797. The van der Waals surface area contributed by atoms with Crippen molar-refractivity contribution in [3.8, 4) is 0 Å². The number of sulfonamides is 1. The Balaban J connectivity index is 1.93. The van der Waals surface area contributed by atoms with Gasteiger partial charge < -0.3 is 5.32 Å². The summed E-state index contributed by atoms with van der Waals surface area (Å²) in [5.41, 5.74) is 3.29. The van der Waals surface area contributed by atoms with Crippen LogP contribution in [0.2, 0.25) is 0 Å². The fourth-order valence-electron chi connectivity index (χ4n) is 2.44. The average Bonchev–Trinajstić information content (AvgIpc) is 2.52. The van der Waals surface area contributed by atoms with Crippen molar-refractivity contribution in [2.75, 3.05) is 0 Å². The molecule has 0 heterocycles. The van der Waals surface area contributed by atoms with E-state index in [1.54, 1.807) is 32.0 Å². The number of carbonyl (C=O) groups excluding carboxylic acids is 1. The predicted molar refractivity (Wildman–Crippen MR) is 99.7 cm³/mol. The molecule has 0 fully saturated rings. The first-order valence-corrected chi connectivity index (χ1v) is 9.83. The first kappa shape index (κ1) is 19.1. The number of amides is 1. The minimum absolute atomic E-state index is 0.0545. The monoisotopic (exact) mass is 360 g/mol. The van der Waals surface area contributed by atoms with Crippen molar-refractivity contribution in [1.29, 1.82) is 0 Å². The van der Waals surface area contributed by atoms with E-state index < -0.39 is 10.0 Å². The van der Waals surface area contributed by atoms with Gasteiger partial charge in [0.2, 0.25) is 10.0 Å². The molecule has 0 bridgehead atoms. The van der Waals surface area contributed by atoms with Gasteiger partial charge in [0.05, 0.1) is 5.75 Å². The molecule has 0 aliphatic rings. The standard InChI is InChI=1S/C19H24N2O3S/c1-14(2)21-25(23,24)13-17-9-7-16(8-10-17)12-20-19(22)18-6-4-5-15(3)11-18/h4-11,14,21H,12-13H2,1-3H3,(H,20,22). The molecule has 0 radical (unpaired) electrons. The molecule has 0 aliphatic heterocycles. The molecule has 0 aromatic heterocycles. The van der Waals surface area contributed by atoms with E-state index in [2.05, 4.69) is 10.0 Å². The van der Waals surface area contributed by atoms with Crippen LogP contribution in [-0.2, 0) is 22.3 Å². The molecule has 2 N–H and O–H groups in total. The SMILES string of the molecule is Cc1cccc(C(=O)NCc2ccc(CS(=O)(=O)NC(C)C)cc2)c1. The largest absolute Gasteiger partial charge is 0.348 e. The molecule has 0 saturated heterocycles. The Morgan fingerprint density at radius 3 is 2.28 bits per heavy atom. The lowest BCUT2D eigenvalue weighted by Gasteiger charge is -2.10. The number of hydrogen-bond donors (Lipinski definition) is 2. The molecular formula is C19H24N2O3S. The summed E-state index contributed by atoms with van der Waals surface area (Å²) in [5, 5.41) is 2.87. The molecule has 0 aliphatic carbocycles. The Morgan fingerprint density at radius 2 is 1.68 bits per heavy atom. The third kappa shape index (κ3) is 6.32. The van der Waals surface area contributed by atoms with Gasteiger partial charge in [-0.05, 0) is 44.0 Å². The summed E-state index contributed by atoms with van der Waals surface area (Å²) >= 11 is 0. The second kappa shape index (κ2) is 8.27. The van der Waals surface area contributed by atoms with Gasteiger partial charge in [-0.2, -0.15) is 0 Å². The van der Waals surface area contributed by atoms with Crippen LogP contribution >= 0.6 is 0 Å². The fourth-order valence-corrected chi connectivity index (χ4v) is 3.88. The molecule has 0 saturated carbocycles. The highest BCUT2D eigenvalue weighted by Gasteiger charge is 2.13. The van der Waals surface area contributed by atoms with Crippen molar-refractivity contribution in [3.63, 3.8) is 0 Å². The Kier molecular flexibility index (Phi) is 6.33. The van der Waals surface area contributed by atoms with Gasteiger partial charge in [0.15, 0.2) is 0 Å². The molecule has 0 atom stereocenters. The van der Waals surface area contributed by atoms with Gasteiger partial charge >= 0.3 is 0 Å².